The molecule has 0 saturated carbocycles. The third-order valence-electron chi connectivity index (χ3n) is 3.39. The summed E-state index contributed by atoms with van der Waals surface area (Å²) in [5, 5.41) is 2.66. The highest BCUT2D eigenvalue weighted by Gasteiger charge is 2.18. The number of hydrogen-bond donors (Lipinski definition) is 2. The van der Waals surface area contributed by atoms with E-state index in [2.05, 4.69) is 17.2 Å². The Bertz CT molecular complexity index is 434. The van der Waals surface area contributed by atoms with Gasteiger partial charge in [-0.3, -0.25) is 14.6 Å². The van der Waals surface area contributed by atoms with Gasteiger partial charge in [0.2, 0.25) is 5.91 Å². The van der Waals surface area contributed by atoms with Crippen molar-refractivity contribution in [2.24, 2.45) is 5.73 Å². The van der Waals surface area contributed by atoms with Gasteiger partial charge in [-0.2, -0.15) is 0 Å². The third-order valence-corrected chi connectivity index (χ3v) is 3.39. The summed E-state index contributed by atoms with van der Waals surface area (Å²) in [6, 6.07) is 4.46. The number of nitrogens with two attached hydrogens (primary N) is 1. The van der Waals surface area contributed by atoms with Crippen molar-refractivity contribution in [2.45, 2.75) is 57.9 Å². The summed E-state index contributed by atoms with van der Waals surface area (Å²) in [7, 11) is 0. The minimum Gasteiger partial charge on any atom is -0.368 e. The van der Waals surface area contributed by atoms with Crippen molar-refractivity contribution in [3.8, 4) is 0 Å². The summed E-state index contributed by atoms with van der Waals surface area (Å²) in [5.41, 5.74) is 5.65. The van der Waals surface area contributed by atoms with Crippen molar-refractivity contribution in [1.82, 2.24) is 10.3 Å². The molecule has 0 aliphatic rings. The lowest BCUT2D eigenvalue weighted by molar-refractivity contribution is -0.120. The fraction of sp³-hybridized carbons (Fsp3) is 0.562. The van der Waals surface area contributed by atoms with Crippen LogP contribution in [0.2, 0.25) is 0 Å². The highest BCUT2D eigenvalue weighted by Crippen LogP contribution is 2.09. The monoisotopic (exact) mass is 291 g/mol. The van der Waals surface area contributed by atoms with Gasteiger partial charge in [0.1, 0.15) is 11.7 Å². The van der Waals surface area contributed by atoms with Gasteiger partial charge in [0, 0.05) is 6.20 Å². The van der Waals surface area contributed by atoms with Crippen LogP contribution in [0.15, 0.2) is 24.4 Å². The Morgan fingerprint density at radius 1 is 1.19 bits per heavy atom. The molecule has 0 aromatic carbocycles. The molecule has 0 aliphatic heterocycles. The summed E-state index contributed by atoms with van der Waals surface area (Å²) in [6.07, 6.45) is 8.91. The average molecular weight is 291 g/mol. The van der Waals surface area contributed by atoms with E-state index in [0.29, 0.717) is 12.1 Å². The van der Waals surface area contributed by atoms with Crippen LogP contribution in [0.25, 0.3) is 0 Å². The van der Waals surface area contributed by atoms with Gasteiger partial charge in [-0.05, 0) is 18.6 Å². The van der Waals surface area contributed by atoms with Crippen molar-refractivity contribution in [3.63, 3.8) is 0 Å². The number of aromatic nitrogens is 1. The van der Waals surface area contributed by atoms with Gasteiger partial charge < -0.3 is 11.1 Å². The molecule has 0 bridgehead atoms. The van der Waals surface area contributed by atoms with E-state index in [4.69, 9.17) is 5.73 Å². The van der Waals surface area contributed by atoms with Gasteiger partial charge in [0.25, 0.3) is 5.91 Å². The number of pyridine rings is 1. The highest BCUT2D eigenvalue weighted by atomic mass is 16.2. The van der Waals surface area contributed by atoms with Crippen LogP contribution in [0.5, 0.6) is 0 Å². The SMILES string of the molecule is CCCCCCCC[C@H](NC(=O)c1ccccn1)C(N)=O. The molecule has 3 N–H and O–H groups in total. The maximum absolute atomic E-state index is 12.0. The first-order chi connectivity index (χ1) is 10.1. The Morgan fingerprint density at radius 3 is 2.52 bits per heavy atom. The molecule has 116 valence electrons. The predicted molar refractivity (Wildman–Crippen MR) is 82.7 cm³/mol. The van der Waals surface area contributed by atoms with Gasteiger partial charge in [0.15, 0.2) is 0 Å². The van der Waals surface area contributed by atoms with Gasteiger partial charge in [-0.15, -0.1) is 0 Å². The number of primary amides is 1. The first-order valence-electron chi connectivity index (χ1n) is 7.66. The Balaban J connectivity index is 2.36. The second kappa shape index (κ2) is 9.91. The summed E-state index contributed by atoms with van der Waals surface area (Å²) < 4.78 is 0. The lowest BCUT2D eigenvalue weighted by atomic mass is 10.1. The minimum absolute atomic E-state index is 0.298. The van der Waals surface area contributed by atoms with E-state index in [-0.39, 0.29) is 5.91 Å². The number of nitrogens with zero attached hydrogens (tertiary/aromatic N) is 1. The molecule has 0 unspecified atom stereocenters. The van der Waals surface area contributed by atoms with Crippen LogP contribution in [0.4, 0.5) is 0 Å². The Hall–Kier alpha value is -1.91. The van der Waals surface area contributed by atoms with Crippen LogP contribution in [0.1, 0.15) is 62.4 Å². The summed E-state index contributed by atoms with van der Waals surface area (Å²) in [4.78, 5) is 27.3. The molecule has 0 radical (unpaired) electrons. The van der Waals surface area contributed by atoms with E-state index in [0.717, 1.165) is 19.3 Å². The van der Waals surface area contributed by atoms with Crippen LogP contribution in [0.3, 0.4) is 0 Å². The van der Waals surface area contributed by atoms with Crippen molar-refractivity contribution in [2.75, 3.05) is 0 Å². The first kappa shape index (κ1) is 17.1. The van der Waals surface area contributed by atoms with E-state index in [1.807, 2.05) is 0 Å². The van der Waals surface area contributed by atoms with Gasteiger partial charge in [-0.25, -0.2) is 0 Å². The van der Waals surface area contributed by atoms with Gasteiger partial charge in [-0.1, -0.05) is 51.5 Å². The zero-order valence-electron chi connectivity index (χ0n) is 12.7. The van der Waals surface area contributed by atoms with Crippen LogP contribution in [-0.4, -0.2) is 22.8 Å². The van der Waals surface area contributed by atoms with Crippen molar-refractivity contribution in [1.29, 1.82) is 0 Å². The number of unbranched alkanes of at least 4 members (excludes halogenated alkanes) is 5. The van der Waals surface area contributed by atoms with Crippen LogP contribution in [0, 0.1) is 0 Å². The van der Waals surface area contributed by atoms with Crippen molar-refractivity contribution in [3.05, 3.63) is 30.1 Å². The maximum Gasteiger partial charge on any atom is 0.270 e. The van der Waals surface area contributed by atoms with Crippen molar-refractivity contribution >= 4 is 11.8 Å². The average Bonchev–Trinajstić information content (AvgIpc) is 2.50. The molecule has 1 aromatic rings. The first-order valence-corrected chi connectivity index (χ1v) is 7.66. The summed E-state index contributed by atoms with van der Waals surface area (Å²) in [5.74, 6) is -0.849. The summed E-state index contributed by atoms with van der Waals surface area (Å²) in [6.45, 7) is 2.18. The molecule has 1 rings (SSSR count). The standard InChI is InChI=1S/C16H25N3O2/c1-2-3-4-5-6-7-10-13(15(17)20)19-16(21)14-11-8-9-12-18-14/h8-9,11-13H,2-7,10H2,1H3,(H2,17,20)(H,19,21)/t13-/m0/s1. The van der Waals surface area contributed by atoms with Gasteiger partial charge in [0.05, 0.1) is 0 Å². The third kappa shape index (κ3) is 6.88. The Morgan fingerprint density at radius 2 is 1.90 bits per heavy atom. The topological polar surface area (TPSA) is 85.1 Å². The number of hydrogen-bond acceptors (Lipinski definition) is 3. The van der Waals surface area contributed by atoms with Crippen molar-refractivity contribution < 1.29 is 9.59 Å². The molecule has 0 fully saturated rings. The van der Waals surface area contributed by atoms with Gasteiger partial charge >= 0.3 is 0 Å². The fourth-order valence-electron chi connectivity index (χ4n) is 2.14. The molecule has 1 heterocycles. The molecule has 1 aromatic heterocycles. The molecule has 5 nitrogen and oxygen atoms in total. The van der Waals surface area contributed by atoms with Crippen LogP contribution >= 0.6 is 0 Å². The molecule has 2 amide bonds. The molecule has 5 heteroatoms. The second-order valence-corrected chi connectivity index (χ2v) is 5.20. The Kier molecular flexibility index (Phi) is 8.09. The predicted octanol–water partition coefficient (Wildman–Crippen LogP) is 2.42. The molecule has 0 spiro atoms. The largest absolute Gasteiger partial charge is 0.368 e. The van der Waals surface area contributed by atoms with E-state index < -0.39 is 11.9 Å². The number of nitrogens with one attached hydrogen (secondary N) is 1. The molecular weight excluding hydrogens is 266 g/mol. The lowest BCUT2D eigenvalue weighted by Gasteiger charge is -2.15. The molecule has 0 saturated heterocycles. The zero-order valence-corrected chi connectivity index (χ0v) is 12.7. The lowest BCUT2D eigenvalue weighted by Crippen LogP contribution is -2.44. The van der Waals surface area contributed by atoms with Crippen LogP contribution < -0.4 is 11.1 Å². The van der Waals surface area contributed by atoms with E-state index in [1.165, 1.54) is 19.3 Å². The fourth-order valence-corrected chi connectivity index (χ4v) is 2.14. The summed E-state index contributed by atoms with van der Waals surface area (Å²) >= 11 is 0. The zero-order chi connectivity index (χ0) is 15.5. The number of amides is 2. The second-order valence-electron chi connectivity index (χ2n) is 5.20. The van der Waals surface area contributed by atoms with E-state index in [1.54, 1.807) is 24.4 Å². The number of carbonyl (C=O) groups excluding carboxylic acids is 2. The molecule has 21 heavy (non-hydrogen) atoms. The molecule has 1 atom stereocenters. The number of rotatable bonds is 10. The Labute approximate surface area is 126 Å². The van der Waals surface area contributed by atoms with E-state index in [9.17, 15) is 9.59 Å². The highest BCUT2D eigenvalue weighted by molar-refractivity contribution is 5.95. The molecule has 0 aliphatic carbocycles. The minimum atomic E-state index is -0.620. The van der Waals surface area contributed by atoms with Crippen LogP contribution in [-0.2, 0) is 4.79 Å². The maximum atomic E-state index is 12.0. The van der Waals surface area contributed by atoms with E-state index >= 15 is 0 Å². The number of carbonyl (C=O) groups is 2. The molecular formula is C16H25N3O2. The normalized spacial score (nSPS) is 11.9. The smallest absolute Gasteiger partial charge is 0.270 e. The quantitative estimate of drug-likeness (QED) is 0.649.